The average molecular weight is 267 g/mol. The number of fused-ring (bicyclic) bond motifs is 1. The standard InChI is InChI=1S/C10H7BrN2S/c11-9-5-6-1-2-8(13)7(3-4-12)10(6)14-9/h1-2,5H,3,13H2. The van der Waals surface area contributed by atoms with E-state index in [1.165, 1.54) is 0 Å². The highest BCUT2D eigenvalue weighted by atomic mass is 79.9. The molecular weight excluding hydrogens is 260 g/mol. The van der Waals surface area contributed by atoms with Crippen molar-refractivity contribution in [1.29, 1.82) is 5.26 Å². The van der Waals surface area contributed by atoms with Crippen LogP contribution in [-0.4, -0.2) is 0 Å². The van der Waals surface area contributed by atoms with Gasteiger partial charge in [-0.05, 0) is 33.4 Å². The van der Waals surface area contributed by atoms with Crippen molar-refractivity contribution < 1.29 is 0 Å². The lowest BCUT2D eigenvalue weighted by atomic mass is 10.1. The zero-order valence-electron chi connectivity index (χ0n) is 7.25. The molecule has 1 aromatic heterocycles. The smallest absolute Gasteiger partial charge is 0.0711 e. The van der Waals surface area contributed by atoms with Crippen LogP contribution in [-0.2, 0) is 6.42 Å². The number of nitrogen functional groups attached to an aromatic ring is 1. The molecular formula is C10H7BrN2S. The molecule has 0 amide bonds. The molecule has 0 saturated heterocycles. The fourth-order valence-corrected chi connectivity index (χ4v) is 3.08. The van der Waals surface area contributed by atoms with E-state index in [2.05, 4.69) is 22.0 Å². The second-order valence-corrected chi connectivity index (χ2v) is 5.37. The van der Waals surface area contributed by atoms with E-state index in [4.69, 9.17) is 11.0 Å². The van der Waals surface area contributed by atoms with E-state index < -0.39 is 0 Å². The Morgan fingerprint density at radius 3 is 3.00 bits per heavy atom. The topological polar surface area (TPSA) is 49.8 Å². The summed E-state index contributed by atoms with van der Waals surface area (Å²) in [5.74, 6) is 0. The first-order chi connectivity index (χ1) is 6.72. The van der Waals surface area contributed by atoms with Crippen molar-refractivity contribution in [2.45, 2.75) is 6.42 Å². The lowest BCUT2D eigenvalue weighted by Gasteiger charge is -2.01. The van der Waals surface area contributed by atoms with Gasteiger partial charge in [0.15, 0.2) is 0 Å². The maximum absolute atomic E-state index is 8.70. The quantitative estimate of drug-likeness (QED) is 0.806. The minimum absolute atomic E-state index is 0.371. The summed E-state index contributed by atoms with van der Waals surface area (Å²) in [6.45, 7) is 0. The van der Waals surface area contributed by atoms with Crippen molar-refractivity contribution in [2.24, 2.45) is 0 Å². The van der Waals surface area contributed by atoms with E-state index in [1.807, 2.05) is 18.2 Å². The molecule has 2 rings (SSSR count). The highest BCUT2D eigenvalue weighted by Gasteiger charge is 2.07. The summed E-state index contributed by atoms with van der Waals surface area (Å²) >= 11 is 5.05. The van der Waals surface area contributed by atoms with Crippen LogP contribution in [0.25, 0.3) is 10.1 Å². The van der Waals surface area contributed by atoms with E-state index in [0.717, 1.165) is 19.4 Å². The number of thiophene rings is 1. The lowest BCUT2D eigenvalue weighted by molar-refractivity contribution is 1.30. The molecule has 0 atom stereocenters. The molecule has 0 fully saturated rings. The monoisotopic (exact) mass is 266 g/mol. The maximum atomic E-state index is 8.70. The third-order valence-corrected chi connectivity index (χ3v) is 3.77. The Balaban J connectivity index is 2.76. The van der Waals surface area contributed by atoms with Crippen LogP contribution in [0.3, 0.4) is 0 Å². The molecule has 0 aliphatic rings. The van der Waals surface area contributed by atoms with E-state index >= 15 is 0 Å². The van der Waals surface area contributed by atoms with E-state index in [1.54, 1.807) is 11.3 Å². The van der Waals surface area contributed by atoms with E-state index in [-0.39, 0.29) is 0 Å². The maximum Gasteiger partial charge on any atom is 0.0711 e. The van der Waals surface area contributed by atoms with Crippen LogP contribution in [0.15, 0.2) is 22.0 Å². The van der Waals surface area contributed by atoms with Gasteiger partial charge in [0, 0.05) is 16.0 Å². The Kier molecular flexibility index (Phi) is 2.44. The molecule has 0 aliphatic carbocycles. The normalized spacial score (nSPS) is 10.3. The van der Waals surface area contributed by atoms with Gasteiger partial charge >= 0.3 is 0 Å². The third-order valence-electron chi connectivity index (χ3n) is 2.05. The van der Waals surface area contributed by atoms with Crippen LogP contribution in [0.4, 0.5) is 5.69 Å². The van der Waals surface area contributed by atoms with Crippen molar-refractivity contribution in [2.75, 3.05) is 5.73 Å². The van der Waals surface area contributed by atoms with Crippen LogP contribution < -0.4 is 5.73 Å². The summed E-state index contributed by atoms with van der Waals surface area (Å²) in [5.41, 5.74) is 7.47. The number of halogens is 1. The van der Waals surface area contributed by atoms with Gasteiger partial charge in [0.1, 0.15) is 0 Å². The molecule has 0 saturated carbocycles. The van der Waals surface area contributed by atoms with Gasteiger partial charge in [-0.2, -0.15) is 5.26 Å². The molecule has 0 radical (unpaired) electrons. The molecule has 0 unspecified atom stereocenters. The highest BCUT2D eigenvalue weighted by Crippen LogP contribution is 2.34. The summed E-state index contributed by atoms with van der Waals surface area (Å²) in [6.07, 6.45) is 0.371. The number of hydrogen-bond acceptors (Lipinski definition) is 3. The van der Waals surface area contributed by atoms with Crippen molar-refractivity contribution >= 4 is 43.0 Å². The number of benzene rings is 1. The zero-order chi connectivity index (χ0) is 10.1. The van der Waals surface area contributed by atoms with Crippen LogP contribution in [0.1, 0.15) is 5.56 Å². The Bertz CT molecular complexity index is 525. The Morgan fingerprint density at radius 2 is 2.29 bits per heavy atom. The molecule has 2 N–H and O–H groups in total. The van der Waals surface area contributed by atoms with Crippen LogP contribution in [0, 0.1) is 11.3 Å². The Hall–Kier alpha value is -1.05. The zero-order valence-corrected chi connectivity index (χ0v) is 9.65. The summed E-state index contributed by atoms with van der Waals surface area (Å²) < 4.78 is 2.18. The minimum atomic E-state index is 0.371. The number of nitriles is 1. The molecule has 2 nitrogen and oxygen atoms in total. The molecule has 1 heterocycles. The second-order valence-electron chi connectivity index (χ2n) is 2.94. The van der Waals surface area contributed by atoms with Gasteiger partial charge in [0.05, 0.1) is 16.3 Å². The van der Waals surface area contributed by atoms with Gasteiger partial charge in [-0.1, -0.05) is 6.07 Å². The van der Waals surface area contributed by atoms with Gasteiger partial charge in [0.25, 0.3) is 0 Å². The fourth-order valence-electron chi connectivity index (χ4n) is 1.41. The molecule has 14 heavy (non-hydrogen) atoms. The molecule has 0 bridgehead atoms. The minimum Gasteiger partial charge on any atom is -0.398 e. The van der Waals surface area contributed by atoms with Crippen LogP contribution >= 0.6 is 27.3 Å². The van der Waals surface area contributed by atoms with Crippen LogP contribution in [0.5, 0.6) is 0 Å². The van der Waals surface area contributed by atoms with Gasteiger partial charge in [-0.15, -0.1) is 11.3 Å². The molecule has 0 spiro atoms. The first-order valence-electron chi connectivity index (χ1n) is 4.05. The first-order valence-corrected chi connectivity index (χ1v) is 5.66. The van der Waals surface area contributed by atoms with Gasteiger partial charge < -0.3 is 5.73 Å². The number of nitrogens with two attached hydrogens (primary N) is 1. The highest BCUT2D eigenvalue weighted by molar-refractivity contribution is 9.11. The van der Waals surface area contributed by atoms with E-state index in [9.17, 15) is 0 Å². The Labute approximate surface area is 94.1 Å². The lowest BCUT2D eigenvalue weighted by Crippen LogP contribution is -1.92. The van der Waals surface area contributed by atoms with Gasteiger partial charge in [-0.25, -0.2) is 0 Å². The predicted molar refractivity (Wildman–Crippen MR) is 63.3 cm³/mol. The van der Waals surface area contributed by atoms with E-state index in [0.29, 0.717) is 12.1 Å². The second kappa shape index (κ2) is 3.60. The third kappa shape index (κ3) is 1.49. The fraction of sp³-hybridized carbons (Fsp3) is 0.100. The number of hydrogen-bond donors (Lipinski definition) is 1. The van der Waals surface area contributed by atoms with Crippen molar-refractivity contribution in [3.05, 3.63) is 27.5 Å². The van der Waals surface area contributed by atoms with Crippen molar-refractivity contribution in [1.82, 2.24) is 0 Å². The summed E-state index contributed by atoms with van der Waals surface area (Å²) in [7, 11) is 0. The molecule has 4 heteroatoms. The summed E-state index contributed by atoms with van der Waals surface area (Å²) in [6, 6.07) is 8.01. The van der Waals surface area contributed by atoms with Crippen LogP contribution in [0.2, 0.25) is 0 Å². The molecule has 1 aromatic carbocycles. The molecule has 70 valence electrons. The van der Waals surface area contributed by atoms with Crippen molar-refractivity contribution in [3.63, 3.8) is 0 Å². The van der Waals surface area contributed by atoms with Gasteiger partial charge in [0.2, 0.25) is 0 Å². The molecule has 0 aliphatic heterocycles. The first kappa shape index (κ1) is 9.50. The molecule has 2 aromatic rings. The predicted octanol–water partition coefficient (Wildman–Crippen LogP) is 3.31. The SMILES string of the molecule is N#CCc1c(N)ccc2cc(Br)sc12. The average Bonchev–Trinajstić information content (AvgIpc) is 2.51. The van der Waals surface area contributed by atoms with Gasteiger partial charge in [-0.3, -0.25) is 0 Å². The number of nitrogens with zero attached hydrogens (tertiary/aromatic N) is 1. The largest absolute Gasteiger partial charge is 0.398 e. The van der Waals surface area contributed by atoms with Crippen molar-refractivity contribution in [3.8, 4) is 6.07 Å². The number of rotatable bonds is 1. The Morgan fingerprint density at radius 1 is 1.50 bits per heavy atom. The summed E-state index contributed by atoms with van der Waals surface area (Å²) in [5, 5.41) is 9.84. The number of anilines is 1. The summed E-state index contributed by atoms with van der Waals surface area (Å²) in [4.78, 5) is 0.